The van der Waals surface area contributed by atoms with Gasteiger partial charge in [0.1, 0.15) is 12.4 Å². The molecule has 0 radical (unpaired) electrons. The molecule has 0 bridgehead atoms. The summed E-state index contributed by atoms with van der Waals surface area (Å²) in [5.74, 6) is 0.810. The largest absolute Gasteiger partial charge is 0.492 e. The smallest absolute Gasteiger partial charge is 0.121 e. The lowest BCUT2D eigenvalue weighted by atomic mass is 10.3. The molecule has 1 aromatic carbocycles. The molecular formula is C10H14Br2N2O. The number of nitrogens with two attached hydrogens (primary N) is 1. The lowest BCUT2D eigenvalue weighted by Gasteiger charge is -2.12. The van der Waals surface area contributed by atoms with Gasteiger partial charge in [-0.2, -0.15) is 0 Å². The van der Waals surface area contributed by atoms with Crippen LogP contribution in [0.3, 0.4) is 0 Å². The maximum Gasteiger partial charge on any atom is 0.121 e. The minimum Gasteiger partial charge on any atom is -0.492 e. The Kier molecular flexibility index (Phi) is 4.89. The number of nitrogen functional groups attached to an aromatic ring is 1. The Morgan fingerprint density at radius 1 is 1.27 bits per heavy atom. The van der Waals surface area contributed by atoms with Gasteiger partial charge < -0.3 is 15.4 Å². The SMILES string of the molecule is CN(C)CCOc1cc(Br)c(N)c(Br)c1. The fourth-order valence-electron chi connectivity index (χ4n) is 0.990. The van der Waals surface area contributed by atoms with E-state index in [1.54, 1.807) is 0 Å². The van der Waals surface area contributed by atoms with Gasteiger partial charge in [-0.3, -0.25) is 0 Å². The molecule has 84 valence electrons. The number of nitrogens with zero attached hydrogens (tertiary/aromatic N) is 1. The molecule has 0 saturated heterocycles. The summed E-state index contributed by atoms with van der Waals surface area (Å²) in [6.45, 7) is 1.55. The van der Waals surface area contributed by atoms with Gasteiger partial charge in [0.25, 0.3) is 0 Å². The summed E-state index contributed by atoms with van der Waals surface area (Å²) in [5, 5.41) is 0. The summed E-state index contributed by atoms with van der Waals surface area (Å²) in [6.07, 6.45) is 0. The molecule has 0 aliphatic heterocycles. The summed E-state index contributed by atoms with van der Waals surface area (Å²) in [7, 11) is 4.02. The predicted octanol–water partition coefficient (Wildman–Crippen LogP) is 2.73. The Morgan fingerprint density at radius 2 is 1.80 bits per heavy atom. The maximum atomic E-state index is 5.77. The van der Waals surface area contributed by atoms with Crippen molar-refractivity contribution in [1.29, 1.82) is 0 Å². The van der Waals surface area contributed by atoms with Crippen LogP contribution in [-0.4, -0.2) is 32.1 Å². The standard InChI is InChI=1S/C10H14Br2N2O/c1-14(2)3-4-15-7-5-8(11)10(13)9(12)6-7/h5-6H,3-4,13H2,1-2H3. The molecule has 0 fully saturated rings. The highest BCUT2D eigenvalue weighted by atomic mass is 79.9. The number of hydrogen-bond donors (Lipinski definition) is 1. The van der Waals surface area contributed by atoms with Crippen LogP contribution < -0.4 is 10.5 Å². The molecule has 0 aliphatic rings. The van der Waals surface area contributed by atoms with Gasteiger partial charge in [-0.1, -0.05) is 0 Å². The van der Waals surface area contributed by atoms with Gasteiger partial charge in [0, 0.05) is 15.5 Å². The van der Waals surface area contributed by atoms with E-state index in [0.29, 0.717) is 12.3 Å². The minimum atomic E-state index is 0.662. The molecule has 1 rings (SSSR count). The number of halogens is 2. The lowest BCUT2D eigenvalue weighted by Crippen LogP contribution is -2.19. The normalized spacial score (nSPS) is 10.7. The monoisotopic (exact) mass is 336 g/mol. The highest BCUT2D eigenvalue weighted by molar-refractivity contribution is 9.11. The molecule has 3 nitrogen and oxygen atoms in total. The summed E-state index contributed by atoms with van der Waals surface area (Å²) >= 11 is 6.74. The lowest BCUT2D eigenvalue weighted by molar-refractivity contribution is 0.261. The summed E-state index contributed by atoms with van der Waals surface area (Å²) in [4.78, 5) is 2.07. The first kappa shape index (κ1) is 12.8. The van der Waals surface area contributed by atoms with Crippen LogP contribution in [0.25, 0.3) is 0 Å². The fraction of sp³-hybridized carbons (Fsp3) is 0.400. The molecule has 0 amide bonds. The second-order valence-corrected chi connectivity index (χ2v) is 5.16. The van der Waals surface area contributed by atoms with Crippen molar-refractivity contribution in [3.05, 3.63) is 21.1 Å². The highest BCUT2D eigenvalue weighted by Gasteiger charge is 2.04. The zero-order valence-electron chi connectivity index (χ0n) is 8.76. The van der Waals surface area contributed by atoms with Gasteiger partial charge >= 0.3 is 0 Å². The molecule has 15 heavy (non-hydrogen) atoms. The van der Waals surface area contributed by atoms with Crippen LogP contribution in [0.15, 0.2) is 21.1 Å². The number of rotatable bonds is 4. The third-order valence-electron chi connectivity index (χ3n) is 1.86. The molecule has 5 heteroatoms. The average molecular weight is 338 g/mol. The van der Waals surface area contributed by atoms with E-state index in [0.717, 1.165) is 21.2 Å². The van der Waals surface area contributed by atoms with Crippen molar-refractivity contribution in [3.63, 3.8) is 0 Å². The van der Waals surface area contributed by atoms with Crippen LogP contribution in [0.1, 0.15) is 0 Å². The summed E-state index contributed by atoms with van der Waals surface area (Å²) in [6, 6.07) is 3.74. The van der Waals surface area contributed by atoms with Crippen LogP contribution in [0, 0.1) is 0 Å². The molecule has 1 aromatic rings. The Bertz CT molecular complexity index is 319. The van der Waals surface area contributed by atoms with E-state index in [2.05, 4.69) is 36.8 Å². The highest BCUT2D eigenvalue weighted by Crippen LogP contribution is 2.32. The summed E-state index contributed by atoms with van der Waals surface area (Å²) < 4.78 is 7.26. The molecule has 0 aromatic heterocycles. The Hall–Kier alpha value is -0.260. The molecule has 2 N–H and O–H groups in total. The van der Waals surface area contributed by atoms with Crippen LogP contribution in [0.4, 0.5) is 5.69 Å². The molecule has 0 heterocycles. The van der Waals surface area contributed by atoms with E-state index in [4.69, 9.17) is 10.5 Å². The van der Waals surface area contributed by atoms with Crippen molar-refractivity contribution >= 4 is 37.5 Å². The zero-order valence-corrected chi connectivity index (χ0v) is 11.9. The third kappa shape index (κ3) is 4.01. The van der Waals surface area contributed by atoms with Gasteiger partial charge in [-0.15, -0.1) is 0 Å². The van der Waals surface area contributed by atoms with Gasteiger partial charge in [-0.25, -0.2) is 0 Å². The topological polar surface area (TPSA) is 38.5 Å². The van der Waals surface area contributed by atoms with Crippen LogP contribution >= 0.6 is 31.9 Å². The van der Waals surface area contributed by atoms with Crippen molar-refractivity contribution in [1.82, 2.24) is 4.90 Å². The Morgan fingerprint density at radius 3 is 2.27 bits per heavy atom. The Labute approximate surface area is 107 Å². The second-order valence-electron chi connectivity index (χ2n) is 3.45. The van der Waals surface area contributed by atoms with Crippen LogP contribution in [-0.2, 0) is 0 Å². The van der Waals surface area contributed by atoms with E-state index in [9.17, 15) is 0 Å². The van der Waals surface area contributed by atoms with Gasteiger partial charge in [-0.05, 0) is 58.1 Å². The van der Waals surface area contributed by atoms with Gasteiger partial charge in [0.15, 0.2) is 0 Å². The first-order valence-electron chi connectivity index (χ1n) is 4.52. The van der Waals surface area contributed by atoms with Crippen molar-refractivity contribution in [2.75, 3.05) is 33.0 Å². The van der Waals surface area contributed by atoms with Crippen molar-refractivity contribution in [3.8, 4) is 5.75 Å². The first-order valence-corrected chi connectivity index (χ1v) is 6.11. The first-order chi connectivity index (χ1) is 7.00. The van der Waals surface area contributed by atoms with E-state index >= 15 is 0 Å². The van der Waals surface area contributed by atoms with Crippen molar-refractivity contribution < 1.29 is 4.74 Å². The molecular weight excluding hydrogens is 324 g/mol. The van der Waals surface area contributed by atoms with E-state index in [1.807, 2.05) is 26.2 Å². The number of hydrogen-bond acceptors (Lipinski definition) is 3. The van der Waals surface area contributed by atoms with Gasteiger partial charge in [0.05, 0.1) is 5.69 Å². The van der Waals surface area contributed by atoms with Crippen molar-refractivity contribution in [2.45, 2.75) is 0 Å². The number of benzene rings is 1. The van der Waals surface area contributed by atoms with E-state index < -0.39 is 0 Å². The molecule has 0 aliphatic carbocycles. The minimum absolute atomic E-state index is 0.662. The fourth-order valence-corrected chi connectivity index (χ4v) is 2.13. The number of anilines is 1. The Balaban J connectivity index is 2.63. The molecule has 0 spiro atoms. The van der Waals surface area contributed by atoms with Crippen molar-refractivity contribution in [2.24, 2.45) is 0 Å². The number of likely N-dealkylation sites (N-methyl/N-ethyl adjacent to an activating group) is 1. The third-order valence-corrected chi connectivity index (χ3v) is 3.17. The quantitative estimate of drug-likeness (QED) is 0.858. The van der Waals surface area contributed by atoms with Gasteiger partial charge in [0.2, 0.25) is 0 Å². The van der Waals surface area contributed by atoms with Crippen LogP contribution in [0.2, 0.25) is 0 Å². The van der Waals surface area contributed by atoms with E-state index in [-0.39, 0.29) is 0 Å². The maximum absolute atomic E-state index is 5.77. The molecule has 0 unspecified atom stereocenters. The number of ether oxygens (including phenoxy) is 1. The van der Waals surface area contributed by atoms with Crippen LogP contribution in [0.5, 0.6) is 5.75 Å². The molecule has 0 saturated carbocycles. The predicted molar refractivity (Wildman–Crippen MR) is 70.3 cm³/mol. The summed E-state index contributed by atoms with van der Waals surface area (Å²) in [5.41, 5.74) is 6.46. The zero-order chi connectivity index (χ0) is 11.4. The molecule has 0 atom stereocenters. The van der Waals surface area contributed by atoms with E-state index in [1.165, 1.54) is 0 Å². The second kappa shape index (κ2) is 5.72. The average Bonchev–Trinajstić information content (AvgIpc) is 2.13.